The predicted octanol–water partition coefficient (Wildman–Crippen LogP) is 5.35. The summed E-state index contributed by atoms with van der Waals surface area (Å²) in [5, 5.41) is 2.40. The highest BCUT2D eigenvalue weighted by atomic mass is 19.1. The largest absolute Gasteiger partial charge is 0.488 e. The monoisotopic (exact) mass is 377 g/mol. The van der Waals surface area contributed by atoms with E-state index in [2.05, 4.69) is 5.32 Å². The van der Waals surface area contributed by atoms with Gasteiger partial charge in [-0.15, -0.1) is 0 Å². The molecule has 1 heterocycles. The first kappa shape index (κ1) is 17.9. The molecule has 0 saturated heterocycles. The van der Waals surface area contributed by atoms with Gasteiger partial charge in [-0.2, -0.15) is 0 Å². The molecular formula is C23H17F2NO2. The summed E-state index contributed by atoms with van der Waals surface area (Å²) >= 11 is 0. The average Bonchev–Trinajstić information content (AvgIpc) is 2.70. The quantitative estimate of drug-likeness (QED) is 0.668. The van der Waals surface area contributed by atoms with Crippen LogP contribution >= 0.6 is 0 Å². The Morgan fingerprint density at radius 2 is 1.71 bits per heavy atom. The second-order valence-corrected chi connectivity index (χ2v) is 6.66. The standard InChI is InChI=1S/C23H17F2NO2/c1-14-2-4-15(5-3-14)16-6-9-22-17(10-16)11-18(13-28-22)23(27)26-21-12-19(24)7-8-20(21)25/h2-12H,13H2,1H3,(H,26,27). The van der Waals surface area contributed by atoms with E-state index in [1.54, 1.807) is 6.08 Å². The second-order valence-electron chi connectivity index (χ2n) is 6.66. The van der Waals surface area contributed by atoms with Crippen molar-refractivity contribution in [3.8, 4) is 16.9 Å². The molecule has 5 heteroatoms. The minimum Gasteiger partial charge on any atom is -0.488 e. The summed E-state index contributed by atoms with van der Waals surface area (Å²) in [4.78, 5) is 12.5. The van der Waals surface area contributed by atoms with Crippen LogP contribution in [0.15, 0.2) is 66.2 Å². The van der Waals surface area contributed by atoms with Crippen molar-refractivity contribution in [2.45, 2.75) is 6.92 Å². The molecule has 3 aromatic rings. The molecule has 1 N–H and O–H groups in total. The van der Waals surface area contributed by atoms with Gasteiger partial charge in [0.25, 0.3) is 5.91 Å². The normalized spacial score (nSPS) is 12.6. The van der Waals surface area contributed by atoms with Gasteiger partial charge in [0, 0.05) is 11.6 Å². The number of fused-ring (bicyclic) bond motifs is 1. The summed E-state index contributed by atoms with van der Waals surface area (Å²) in [5.74, 6) is -1.19. The Morgan fingerprint density at radius 1 is 0.964 bits per heavy atom. The molecule has 3 aromatic carbocycles. The van der Waals surface area contributed by atoms with Crippen molar-refractivity contribution in [3.63, 3.8) is 0 Å². The minimum atomic E-state index is -0.700. The van der Waals surface area contributed by atoms with Gasteiger partial charge < -0.3 is 10.1 Å². The van der Waals surface area contributed by atoms with Crippen LogP contribution < -0.4 is 10.1 Å². The summed E-state index contributed by atoms with van der Waals surface area (Å²) in [6, 6.07) is 16.8. The van der Waals surface area contributed by atoms with Gasteiger partial charge in [0.2, 0.25) is 0 Å². The minimum absolute atomic E-state index is 0.0552. The van der Waals surface area contributed by atoms with Gasteiger partial charge in [0.1, 0.15) is 24.0 Å². The Bertz CT molecular complexity index is 1090. The van der Waals surface area contributed by atoms with Crippen molar-refractivity contribution in [1.29, 1.82) is 0 Å². The number of amides is 1. The van der Waals surface area contributed by atoms with Crippen LogP contribution in [0.3, 0.4) is 0 Å². The first-order chi connectivity index (χ1) is 13.5. The molecular weight excluding hydrogens is 360 g/mol. The number of nitrogens with one attached hydrogen (secondary N) is 1. The van der Waals surface area contributed by atoms with E-state index in [1.165, 1.54) is 5.56 Å². The van der Waals surface area contributed by atoms with Crippen LogP contribution in [0.25, 0.3) is 17.2 Å². The highest BCUT2D eigenvalue weighted by Gasteiger charge is 2.19. The molecule has 4 rings (SSSR count). The van der Waals surface area contributed by atoms with Crippen LogP contribution in [-0.4, -0.2) is 12.5 Å². The Morgan fingerprint density at radius 3 is 2.50 bits per heavy atom. The van der Waals surface area contributed by atoms with Gasteiger partial charge in [-0.05, 0) is 48.4 Å². The van der Waals surface area contributed by atoms with E-state index < -0.39 is 17.5 Å². The molecule has 0 saturated carbocycles. The lowest BCUT2D eigenvalue weighted by atomic mass is 9.99. The summed E-state index contributed by atoms with van der Waals surface area (Å²) in [7, 11) is 0. The fourth-order valence-electron chi connectivity index (χ4n) is 3.03. The molecule has 0 atom stereocenters. The predicted molar refractivity (Wildman–Crippen MR) is 105 cm³/mol. The third-order valence-corrected chi connectivity index (χ3v) is 4.58. The molecule has 28 heavy (non-hydrogen) atoms. The SMILES string of the molecule is Cc1ccc(-c2ccc3c(c2)C=C(C(=O)Nc2cc(F)ccc2F)CO3)cc1. The van der Waals surface area contributed by atoms with Crippen LogP contribution in [0.2, 0.25) is 0 Å². The van der Waals surface area contributed by atoms with Gasteiger partial charge in [0.05, 0.1) is 11.3 Å². The molecule has 0 bridgehead atoms. The third-order valence-electron chi connectivity index (χ3n) is 4.58. The number of benzene rings is 3. The lowest BCUT2D eigenvalue weighted by Gasteiger charge is -2.19. The molecule has 0 fully saturated rings. The molecule has 0 unspecified atom stereocenters. The third kappa shape index (κ3) is 3.64. The number of carbonyl (C=O) groups excluding carboxylic acids is 1. The number of hydrogen-bond acceptors (Lipinski definition) is 2. The number of carbonyl (C=O) groups is 1. The molecule has 0 spiro atoms. The molecule has 1 aliphatic rings. The van der Waals surface area contributed by atoms with Gasteiger partial charge in [0.15, 0.2) is 0 Å². The van der Waals surface area contributed by atoms with Gasteiger partial charge >= 0.3 is 0 Å². The van der Waals surface area contributed by atoms with Crippen molar-refractivity contribution in [2.75, 3.05) is 11.9 Å². The lowest BCUT2D eigenvalue weighted by molar-refractivity contribution is -0.113. The molecule has 1 aliphatic heterocycles. The molecule has 3 nitrogen and oxygen atoms in total. The maximum absolute atomic E-state index is 13.8. The fourth-order valence-corrected chi connectivity index (χ4v) is 3.03. The van der Waals surface area contributed by atoms with E-state index in [9.17, 15) is 13.6 Å². The van der Waals surface area contributed by atoms with Crippen LogP contribution in [0.5, 0.6) is 5.75 Å². The summed E-state index contributed by atoms with van der Waals surface area (Å²) < 4.78 is 32.7. The number of rotatable bonds is 3. The van der Waals surface area contributed by atoms with Crippen molar-refractivity contribution >= 4 is 17.7 Å². The molecule has 0 aromatic heterocycles. The lowest BCUT2D eigenvalue weighted by Crippen LogP contribution is -2.21. The van der Waals surface area contributed by atoms with Gasteiger partial charge in [-0.3, -0.25) is 4.79 Å². The summed E-state index contributed by atoms with van der Waals surface area (Å²) in [6.45, 7) is 2.08. The zero-order chi connectivity index (χ0) is 19.7. The van der Waals surface area contributed by atoms with E-state index in [4.69, 9.17) is 4.74 Å². The fraction of sp³-hybridized carbons (Fsp3) is 0.0870. The van der Waals surface area contributed by atoms with Gasteiger partial charge in [-0.1, -0.05) is 35.9 Å². The van der Waals surface area contributed by atoms with Crippen LogP contribution in [0.4, 0.5) is 14.5 Å². The zero-order valence-corrected chi connectivity index (χ0v) is 15.1. The van der Waals surface area contributed by atoms with E-state index in [0.29, 0.717) is 11.3 Å². The van der Waals surface area contributed by atoms with Crippen molar-refractivity contribution in [1.82, 2.24) is 0 Å². The first-order valence-corrected chi connectivity index (χ1v) is 8.80. The number of hydrogen-bond donors (Lipinski definition) is 1. The molecule has 1 amide bonds. The first-order valence-electron chi connectivity index (χ1n) is 8.80. The number of anilines is 1. The maximum atomic E-state index is 13.8. The highest BCUT2D eigenvalue weighted by Crippen LogP contribution is 2.32. The Labute approximate surface area is 161 Å². The van der Waals surface area contributed by atoms with Gasteiger partial charge in [-0.25, -0.2) is 8.78 Å². The number of aryl methyl sites for hydroxylation is 1. The van der Waals surface area contributed by atoms with E-state index in [1.807, 2.05) is 49.4 Å². The van der Waals surface area contributed by atoms with E-state index in [-0.39, 0.29) is 12.3 Å². The van der Waals surface area contributed by atoms with E-state index in [0.717, 1.165) is 34.9 Å². The van der Waals surface area contributed by atoms with E-state index >= 15 is 0 Å². The molecule has 140 valence electrons. The number of ether oxygens (including phenoxy) is 1. The summed E-state index contributed by atoms with van der Waals surface area (Å²) in [6.07, 6.45) is 1.71. The Kier molecular flexibility index (Phi) is 4.65. The smallest absolute Gasteiger partial charge is 0.255 e. The zero-order valence-electron chi connectivity index (χ0n) is 15.1. The van der Waals surface area contributed by atoms with Crippen molar-refractivity contribution < 1.29 is 18.3 Å². The van der Waals surface area contributed by atoms with Crippen LogP contribution in [0.1, 0.15) is 11.1 Å². The highest BCUT2D eigenvalue weighted by molar-refractivity contribution is 6.07. The topological polar surface area (TPSA) is 38.3 Å². The maximum Gasteiger partial charge on any atom is 0.255 e. The summed E-state index contributed by atoms with van der Waals surface area (Å²) in [5.41, 5.74) is 4.11. The molecule has 0 radical (unpaired) electrons. The average molecular weight is 377 g/mol. The van der Waals surface area contributed by atoms with Crippen molar-refractivity contribution in [3.05, 3.63) is 89.0 Å². The Balaban J connectivity index is 1.61. The second kappa shape index (κ2) is 7.27. The van der Waals surface area contributed by atoms with Crippen LogP contribution in [0, 0.1) is 18.6 Å². The molecule has 0 aliphatic carbocycles. The van der Waals surface area contributed by atoms with Crippen molar-refractivity contribution in [2.24, 2.45) is 0 Å². The Hall–Kier alpha value is -3.47. The van der Waals surface area contributed by atoms with Crippen LogP contribution in [-0.2, 0) is 4.79 Å². The number of halogens is 2.